The minimum Gasteiger partial charge on any atom is -0.465 e. The summed E-state index contributed by atoms with van der Waals surface area (Å²) in [6.45, 7) is 5.09. The van der Waals surface area contributed by atoms with Gasteiger partial charge in [-0.1, -0.05) is 19.8 Å². The van der Waals surface area contributed by atoms with Gasteiger partial charge in [0.25, 0.3) is 5.91 Å². The Labute approximate surface area is 147 Å². The summed E-state index contributed by atoms with van der Waals surface area (Å²) < 4.78 is 9.80. The number of ether oxygens (including phenoxy) is 2. The minimum atomic E-state index is -0.664. The van der Waals surface area contributed by atoms with Gasteiger partial charge in [0.1, 0.15) is 5.69 Å². The van der Waals surface area contributed by atoms with Gasteiger partial charge in [0, 0.05) is 11.7 Å². The second-order valence-corrected chi connectivity index (χ2v) is 6.63. The van der Waals surface area contributed by atoms with Gasteiger partial charge >= 0.3 is 11.9 Å². The molecule has 2 rings (SSSR count). The van der Waals surface area contributed by atoms with E-state index in [0.29, 0.717) is 22.7 Å². The standard InChI is InChI=1S/C18H26N2O5/c1-10-7-5-6-8-13(10)20-14(21)9-25-18(23)16-11(2)15(12(3)19-16)17(22)24-4/h10,13,19H,5-9H2,1-4H3,(H,20,21)/t10-,13-/m0/s1. The van der Waals surface area contributed by atoms with Crippen molar-refractivity contribution in [3.05, 3.63) is 22.5 Å². The van der Waals surface area contributed by atoms with Crippen LogP contribution in [0.3, 0.4) is 0 Å². The molecule has 0 radical (unpaired) electrons. The molecule has 0 aromatic carbocycles. The third-order valence-corrected chi connectivity index (χ3v) is 4.82. The molecule has 1 aromatic rings. The van der Waals surface area contributed by atoms with E-state index in [2.05, 4.69) is 17.2 Å². The highest BCUT2D eigenvalue weighted by Crippen LogP contribution is 2.23. The lowest BCUT2D eigenvalue weighted by molar-refractivity contribution is -0.125. The summed E-state index contributed by atoms with van der Waals surface area (Å²) in [5.74, 6) is -1.05. The van der Waals surface area contributed by atoms with Crippen LogP contribution in [0.25, 0.3) is 0 Å². The maximum Gasteiger partial charge on any atom is 0.355 e. The molecular weight excluding hydrogens is 324 g/mol. The predicted octanol–water partition coefficient (Wildman–Crippen LogP) is 2.27. The molecule has 0 bridgehead atoms. The topological polar surface area (TPSA) is 97.5 Å². The first-order chi connectivity index (χ1) is 11.8. The van der Waals surface area contributed by atoms with Crippen LogP contribution in [0.1, 0.15) is 64.7 Å². The summed E-state index contributed by atoms with van der Waals surface area (Å²) in [6.07, 6.45) is 4.35. The Balaban J connectivity index is 1.94. The number of carbonyl (C=O) groups is 3. The van der Waals surface area contributed by atoms with Crippen LogP contribution >= 0.6 is 0 Å². The van der Waals surface area contributed by atoms with E-state index in [4.69, 9.17) is 9.47 Å². The Kier molecular flexibility index (Phi) is 6.22. The van der Waals surface area contributed by atoms with Crippen molar-refractivity contribution < 1.29 is 23.9 Å². The zero-order valence-corrected chi connectivity index (χ0v) is 15.2. The average molecular weight is 350 g/mol. The van der Waals surface area contributed by atoms with Crippen molar-refractivity contribution in [2.24, 2.45) is 5.92 Å². The number of methoxy groups -OCH3 is 1. The SMILES string of the molecule is COC(=O)c1c(C)[nH]c(C(=O)OCC(=O)N[C@H]2CCCC[C@@H]2C)c1C. The van der Waals surface area contributed by atoms with Gasteiger partial charge in [0.15, 0.2) is 6.61 Å². The smallest absolute Gasteiger partial charge is 0.355 e. The summed E-state index contributed by atoms with van der Waals surface area (Å²) in [4.78, 5) is 38.8. The van der Waals surface area contributed by atoms with Crippen LogP contribution in [0.2, 0.25) is 0 Å². The maximum atomic E-state index is 12.2. The van der Waals surface area contributed by atoms with Crippen molar-refractivity contribution in [3.8, 4) is 0 Å². The first kappa shape index (κ1) is 19.0. The van der Waals surface area contributed by atoms with Crippen LogP contribution in [-0.4, -0.2) is 42.6 Å². The number of carbonyl (C=O) groups excluding carboxylic acids is 3. The van der Waals surface area contributed by atoms with E-state index in [1.54, 1.807) is 13.8 Å². The molecule has 1 fully saturated rings. The molecule has 1 heterocycles. The predicted molar refractivity (Wildman–Crippen MR) is 91.5 cm³/mol. The summed E-state index contributed by atoms with van der Waals surface area (Å²) in [5.41, 5.74) is 1.46. The zero-order valence-electron chi connectivity index (χ0n) is 15.2. The van der Waals surface area contributed by atoms with Gasteiger partial charge in [-0.3, -0.25) is 4.79 Å². The van der Waals surface area contributed by atoms with Gasteiger partial charge in [-0.2, -0.15) is 0 Å². The molecule has 2 N–H and O–H groups in total. The van der Waals surface area contributed by atoms with E-state index in [1.807, 2.05) is 0 Å². The van der Waals surface area contributed by atoms with Crippen molar-refractivity contribution in [1.82, 2.24) is 10.3 Å². The van der Waals surface area contributed by atoms with Crippen LogP contribution < -0.4 is 5.32 Å². The number of nitrogens with one attached hydrogen (secondary N) is 2. The molecule has 0 spiro atoms. The van der Waals surface area contributed by atoms with Gasteiger partial charge in [-0.15, -0.1) is 0 Å². The third-order valence-electron chi connectivity index (χ3n) is 4.82. The van der Waals surface area contributed by atoms with Crippen molar-refractivity contribution >= 4 is 17.8 Å². The van der Waals surface area contributed by atoms with Gasteiger partial charge in [-0.25, -0.2) is 9.59 Å². The number of amides is 1. The average Bonchev–Trinajstić information content (AvgIpc) is 2.88. The quantitative estimate of drug-likeness (QED) is 0.794. The first-order valence-electron chi connectivity index (χ1n) is 8.59. The van der Waals surface area contributed by atoms with Crippen LogP contribution in [0.5, 0.6) is 0 Å². The molecule has 25 heavy (non-hydrogen) atoms. The highest BCUT2D eigenvalue weighted by Gasteiger charge is 2.25. The number of hydrogen-bond donors (Lipinski definition) is 2. The molecule has 0 unspecified atom stereocenters. The van der Waals surface area contributed by atoms with Crippen molar-refractivity contribution in [2.75, 3.05) is 13.7 Å². The summed E-state index contributed by atoms with van der Waals surface area (Å²) in [6, 6.07) is 0.139. The Hall–Kier alpha value is -2.31. The molecule has 0 aliphatic heterocycles. The fourth-order valence-corrected chi connectivity index (χ4v) is 3.34. The second kappa shape index (κ2) is 8.18. The van der Waals surface area contributed by atoms with E-state index < -0.39 is 11.9 Å². The van der Waals surface area contributed by atoms with Crippen molar-refractivity contribution in [2.45, 2.75) is 52.5 Å². The molecule has 1 saturated carbocycles. The zero-order chi connectivity index (χ0) is 18.6. The lowest BCUT2D eigenvalue weighted by Crippen LogP contribution is -2.42. The van der Waals surface area contributed by atoms with E-state index in [1.165, 1.54) is 13.5 Å². The lowest BCUT2D eigenvalue weighted by atomic mass is 9.86. The summed E-state index contributed by atoms with van der Waals surface area (Å²) in [5, 5.41) is 2.93. The summed E-state index contributed by atoms with van der Waals surface area (Å²) >= 11 is 0. The van der Waals surface area contributed by atoms with E-state index in [9.17, 15) is 14.4 Å². The molecule has 1 aliphatic rings. The van der Waals surface area contributed by atoms with E-state index in [-0.39, 0.29) is 24.2 Å². The fraction of sp³-hybridized carbons (Fsp3) is 0.611. The molecule has 1 aromatic heterocycles. The Morgan fingerprint density at radius 1 is 1.16 bits per heavy atom. The molecule has 7 heteroatoms. The molecule has 0 saturated heterocycles. The van der Waals surface area contributed by atoms with Crippen LogP contribution in [0.4, 0.5) is 0 Å². The molecule has 7 nitrogen and oxygen atoms in total. The van der Waals surface area contributed by atoms with Gasteiger partial charge in [0.2, 0.25) is 0 Å². The molecule has 1 amide bonds. The van der Waals surface area contributed by atoms with Gasteiger partial charge < -0.3 is 19.8 Å². The lowest BCUT2D eigenvalue weighted by Gasteiger charge is -2.29. The number of aromatic nitrogens is 1. The molecular formula is C18H26N2O5. The van der Waals surface area contributed by atoms with Crippen LogP contribution in [-0.2, 0) is 14.3 Å². The van der Waals surface area contributed by atoms with Crippen LogP contribution in [0, 0.1) is 19.8 Å². The van der Waals surface area contributed by atoms with Crippen molar-refractivity contribution in [3.63, 3.8) is 0 Å². The Bertz CT molecular complexity index is 665. The number of esters is 2. The number of H-pyrrole nitrogens is 1. The number of aromatic amines is 1. The Morgan fingerprint density at radius 3 is 2.48 bits per heavy atom. The maximum absolute atomic E-state index is 12.2. The highest BCUT2D eigenvalue weighted by atomic mass is 16.5. The number of aryl methyl sites for hydroxylation is 1. The number of hydrogen-bond acceptors (Lipinski definition) is 5. The molecule has 1 aliphatic carbocycles. The molecule has 2 atom stereocenters. The van der Waals surface area contributed by atoms with Crippen molar-refractivity contribution in [1.29, 1.82) is 0 Å². The van der Waals surface area contributed by atoms with Gasteiger partial charge in [-0.05, 0) is 38.2 Å². The highest BCUT2D eigenvalue weighted by molar-refractivity contribution is 5.99. The fourth-order valence-electron chi connectivity index (χ4n) is 3.34. The normalized spacial score (nSPS) is 20.0. The number of rotatable bonds is 5. The monoisotopic (exact) mass is 350 g/mol. The Morgan fingerprint density at radius 2 is 1.84 bits per heavy atom. The first-order valence-corrected chi connectivity index (χ1v) is 8.59. The van der Waals surface area contributed by atoms with E-state index in [0.717, 1.165) is 19.3 Å². The second-order valence-electron chi connectivity index (χ2n) is 6.63. The van der Waals surface area contributed by atoms with Crippen LogP contribution in [0.15, 0.2) is 0 Å². The minimum absolute atomic E-state index is 0.139. The third kappa shape index (κ3) is 4.41. The van der Waals surface area contributed by atoms with Gasteiger partial charge in [0.05, 0.1) is 12.7 Å². The molecule has 138 valence electrons. The van der Waals surface area contributed by atoms with E-state index >= 15 is 0 Å². The summed E-state index contributed by atoms with van der Waals surface area (Å²) in [7, 11) is 1.28. The largest absolute Gasteiger partial charge is 0.465 e.